The topological polar surface area (TPSA) is 58.6 Å². The van der Waals surface area contributed by atoms with Gasteiger partial charge in [-0.2, -0.15) is 0 Å². The van der Waals surface area contributed by atoms with Crippen LogP contribution in [-0.2, 0) is 4.79 Å². The van der Waals surface area contributed by atoms with Crippen molar-refractivity contribution in [2.45, 2.75) is 18.8 Å². The van der Waals surface area contributed by atoms with E-state index in [1.54, 1.807) is 12.0 Å². The molecule has 29 heavy (non-hydrogen) atoms. The summed E-state index contributed by atoms with van der Waals surface area (Å²) in [4.78, 5) is 27.6. The van der Waals surface area contributed by atoms with Gasteiger partial charge in [0.25, 0.3) is 5.91 Å². The fourth-order valence-corrected chi connectivity index (χ4v) is 4.00. The molecule has 1 N–H and O–H groups in total. The fourth-order valence-electron chi connectivity index (χ4n) is 4.00. The van der Waals surface area contributed by atoms with Gasteiger partial charge >= 0.3 is 0 Å². The molecule has 2 aliphatic rings. The van der Waals surface area contributed by atoms with Crippen LogP contribution in [0, 0.1) is 17.7 Å². The predicted octanol–water partition coefficient (Wildman–Crippen LogP) is 3.22. The number of methoxy groups -OCH3 is 1. The molecule has 1 heterocycles. The number of halogens is 1. The van der Waals surface area contributed by atoms with Crippen LogP contribution in [0.4, 0.5) is 4.39 Å². The molecule has 152 valence electrons. The number of hydrogen-bond donors (Lipinski definition) is 1. The summed E-state index contributed by atoms with van der Waals surface area (Å²) < 4.78 is 18.7. The van der Waals surface area contributed by atoms with E-state index in [2.05, 4.69) is 5.32 Å². The zero-order chi connectivity index (χ0) is 20.4. The third-order valence-electron chi connectivity index (χ3n) is 5.84. The maximum Gasteiger partial charge on any atom is 0.253 e. The molecule has 0 unspecified atom stereocenters. The normalized spacial score (nSPS) is 21.1. The number of rotatable bonds is 6. The molecule has 2 fully saturated rings. The smallest absolute Gasteiger partial charge is 0.253 e. The SMILES string of the molecule is COc1ccccc1[C@H]1CN(C(=O)c2ccc(F)cc2)C[C@H]1C(=O)NCC1CC1. The van der Waals surface area contributed by atoms with Gasteiger partial charge in [0.15, 0.2) is 0 Å². The molecule has 1 saturated carbocycles. The average Bonchev–Trinajstić information content (AvgIpc) is 3.48. The molecule has 0 bridgehead atoms. The number of hydrogen-bond acceptors (Lipinski definition) is 3. The van der Waals surface area contributed by atoms with Crippen molar-refractivity contribution < 1.29 is 18.7 Å². The molecule has 2 aromatic carbocycles. The quantitative estimate of drug-likeness (QED) is 0.816. The van der Waals surface area contributed by atoms with Crippen molar-refractivity contribution in [2.75, 3.05) is 26.7 Å². The Hall–Kier alpha value is -2.89. The Balaban J connectivity index is 1.58. The predicted molar refractivity (Wildman–Crippen MR) is 107 cm³/mol. The molecule has 1 aliphatic carbocycles. The van der Waals surface area contributed by atoms with E-state index >= 15 is 0 Å². The summed E-state index contributed by atoms with van der Waals surface area (Å²) in [6, 6.07) is 13.2. The maximum atomic E-state index is 13.2. The highest BCUT2D eigenvalue weighted by Gasteiger charge is 2.42. The van der Waals surface area contributed by atoms with Crippen LogP contribution in [0.5, 0.6) is 5.75 Å². The van der Waals surface area contributed by atoms with Crippen LogP contribution in [0.3, 0.4) is 0 Å². The van der Waals surface area contributed by atoms with Crippen LogP contribution in [0.15, 0.2) is 48.5 Å². The van der Waals surface area contributed by atoms with Crippen LogP contribution in [0.1, 0.15) is 34.7 Å². The van der Waals surface area contributed by atoms with E-state index in [-0.39, 0.29) is 29.5 Å². The summed E-state index contributed by atoms with van der Waals surface area (Å²) >= 11 is 0. The van der Waals surface area contributed by atoms with E-state index in [0.29, 0.717) is 36.9 Å². The minimum Gasteiger partial charge on any atom is -0.496 e. The van der Waals surface area contributed by atoms with Gasteiger partial charge < -0.3 is 15.0 Å². The molecule has 5 nitrogen and oxygen atoms in total. The number of nitrogens with zero attached hydrogens (tertiary/aromatic N) is 1. The van der Waals surface area contributed by atoms with Crippen molar-refractivity contribution in [2.24, 2.45) is 11.8 Å². The first-order valence-electron chi connectivity index (χ1n) is 10.0. The highest BCUT2D eigenvalue weighted by molar-refractivity contribution is 5.95. The summed E-state index contributed by atoms with van der Waals surface area (Å²) in [5, 5.41) is 3.06. The minimum atomic E-state index is -0.382. The first kappa shape index (κ1) is 19.4. The van der Waals surface area contributed by atoms with Crippen molar-refractivity contribution in [3.8, 4) is 5.75 Å². The van der Waals surface area contributed by atoms with Gasteiger partial charge in [-0.3, -0.25) is 9.59 Å². The maximum absolute atomic E-state index is 13.2. The summed E-state index contributed by atoms with van der Waals surface area (Å²) in [6.07, 6.45) is 2.33. The highest BCUT2D eigenvalue weighted by Crippen LogP contribution is 2.38. The van der Waals surface area contributed by atoms with E-state index < -0.39 is 0 Å². The van der Waals surface area contributed by atoms with Crippen LogP contribution in [0.25, 0.3) is 0 Å². The van der Waals surface area contributed by atoms with Gasteiger partial charge in [0.2, 0.25) is 5.91 Å². The van der Waals surface area contributed by atoms with E-state index in [9.17, 15) is 14.0 Å². The molecule has 1 aliphatic heterocycles. The molecule has 0 spiro atoms. The second-order valence-corrected chi connectivity index (χ2v) is 7.86. The van der Waals surface area contributed by atoms with E-state index in [4.69, 9.17) is 4.74 Å². The second-order valence-electron chi connectivity index (χ2n) is 7.86. The molecule has 2 atom stereocenters. The van der Waals surface area contributed by atoms with Gasteiger partial charge in [0.05, 0.1) is 13.0 Å². The molecule has 2 amide bonds. The number of nitrogens with one attached hydrogen (secondary N) is 1. The number of likely N-dealkylation sites (tertiary alicyclic amines) is 1. The summed E-state index contributed by atoms with van der Waals surface area (Å²) in [5.74, 6) is 0.191. The van der Waals surface area contributed by atoms with Crippen LogP contribution < -0.4 is 10.1 Å². The third kappa shape index (κ3) is 4.26. The van der Waals surface area contributed by atoms with Gasteiger partial charge in [-0.1, -0.05) is 18.2 Å². The minimum absolute atomic E-state index is 0.0257. The van der Waals surface area contributed by atoms with Gasteiger partial charge in [-0.15, -0.1) is 0 Å². The average molecular weight is 396 g/mol. The summed E-state index contributed by atoms with van der Waals surface area (Å²) in [6.45, 7) is 1.44. The zero-order valence-corrected chi connectivity index (χ0v) is 16.4. The van der Waals surface area contributed by atoms with Crippen molar-refractivity contribution in [3.05, 3.63) is 65.5 Å². The summed E-state index contributed by atoms with van der Waals surface area (Å²) in [7, 11) is 1.61. The molecular formula is C23H25FN2O3. The van der Waals surface area contributed by atoms with Crippen LogP contribution >= 0.6 is 0 Å². The lowest BCUT2D eigenvalue weighted by atomic mass is 9.87. The van der Waals surface area contributed by atoms with Gasteiger partial charge in [-0.25, -0.2) is 4.39 Å². The van der Waals surface area contributed by atoms with Gasteiger partial charge in [0.1, 0.15) is 11.6 Å². The van der Waals surface area contributed by atoms with Gasteiger partial charge in [0, 0.05) is 31.1 Å². The van der Waals surface area contributed by atoms with E-state index in [0.717, 1.165) is 18.4 Å². The number of carbonyl (C=O) groups is 2. The molecular weight excluding hydrogens is 371 g/mol. The van der Waals surface area contributed by atoms with E-state index in [1.165, 1.54) is 24.3 Å². The lowest BCUT2D eigenvalue weighted by Crippen LogP contribution is -2.36. The lowest BCUT2D eigenvalue weighted by molar-refractivity contribution is -0.125. The highest BCUT2D eigenvalue weighted by atomic mass is 19.1. The zero-order valence-electron chi connectivity index (χ0n) is 16.4. The Labute approximate surface area is 169 Å². The third-order valence-corrected chi connectivity index (χ3v) is 5.84. The van der Waals surface area contributed by atoms with Crippen molar-refractivity contribution in [1.29, 1.82) is 0 Å². The van der Waals surface area contributed by atoms with Crippen LogP contribution in [0.2, 0.25) is 0 Å². The summed E-state index contributed by atoms with van der Waals surface area (Å²) in [5.41, 5.74) is 1.35. The van der Waals surface area contributed by atoms with Crippen molar-refractivity contribution in [3.63, 3.8) is 0 Å². The molecule has 2 aromatic rings. The number of carbonyl (C=O) groups excluding carboxylic acids is 2. The molecule has 6 heteroatoms. The van der Waals surface area contributed by atoms with Crippen molar-refractivity contribution >= 4 is 11.8 Å². The Kier molecular flexibility index (Phi) is 5.51. The van der Waals surface area contributed by atoms with Gasteiger partial charge in [-0.05, 0) is 54.7 Å². The molecule has 0 radical (unpaired) electrons. The largest absolute Gasteiger partial charge is 0.496 e. The Morgan fingerprint density at radius 3 is 2.52 bits per heavy atom. The van der Waals surface area contributed by atoms with Crippen LogP contribution in [-0.4, -0.2) is 43.5 Å². The number of benzene rings is 2. The van der Waals surface area contributed by atoms with Crippen molar-refractivity contribution in [1.82, 2.24) is 10.2 Å². The first-order valence-corrected chi connectivity index (χ1v) is 10.0. The number of ether oxygens (including phenoxy) is 1. The first-order chi connectivity index (χ1) is 14.1. The fraction of sp³-hybridized carbons (Fsp3) is 0.391. The standard InChI is InChI=1S/C23H25FN2O3/c1-29-21-5-3-2-4-18(21)19-13-26(23(28)16-8-10-17(24)11-9-16)14-20(19)22(27)25-12-15-6-7-15/h2-5,8-11,15,19-20H,6-7,12-14H2,1H3,(H,25,27)/t19-,20-/m1/s1. The number of amides is 2. The monoisotopic (exact) mass is 396 g/mol. The number of para-hydroxylation sites is 1. The second kappa shape index (κ2) is 8.23. The molecule has 0 aromatic heterocycles. The van der Waals surface area contributed by atoms with E-state index in [1.807, 2.05) is 24.3 Å². The molecule has 4 rings (SSSR count). The lowest BCUT2D eigenvalue weighted by Gasteiger charge is -2.20. The Morgan fingerprint density at radius 1 is 1.10 bits per heavy atom. The molecule has 1 saturated heterocycles. The Bertz CT molecular complexity index is 895. The Morgan fingerprint density at radius 2 is 1.83 bits per heavy atom.